The van der Waals surface area contributed by atoms with Crippen LogP contribution in [0.4, 0.5) is 0 Å². The highest BCUT2D eigenvalue weighted by Crippen LogP contribution is 2.42. The monoisotopic (exact) mass is 366 g/mol. The largest absolute Gasteiger partial charge is 0.495 e. The van der Waals surface area contributed by atoms with Crippen LogP contribution in [0.15, 0.2) is 61.2 Å². The Hall–Kier alpha value is -3.05. The van der Waals surface area contributed by atoms with E-state index >= 15 is 0 Å². The van der Waals surface area contributed by atoms with Crippen LogP contribution >= 0.6 is 0 Å². The molecule has 27 heavy (non-hydrogen) atoms. The summed E-state index contributed by atoms with van der Waals surface area (Å²) in [7, 11) is 1.68. The summed E-state index contributed by atoms with van der Waals surface area (Å²) < 4.78 is 22.1. The molecule has 0 heterocycles. The molecule has 0 aromatic heterocycles. The van der Waals surface area contributed by atoms with Gasteiger partial charge in [0, 0.05) is 27.6 Å². The lowest BCUT2D eigenvalue weighted by Crippen LogP contribution is -2.12. The third kappa shape index (κ3) is 4.20. The van der Waals surface area contributed by atoms with Crippen molar-refractivity contribution in [1.29, 1.82) is 0 Å². The van der Waals surface area contributed by atoms with Crippen LogP contribution in [0.3, 0.4) is 0 Å². The molecule has 0 saturated carbocycles. The SMILES string of the molecule is C=CC(=O)OCCOCCOc1c2ccccc2c(OC)c2ccccc12. The van der Waals surface area contributed by atoms with Crippen LogP contribution < -0.4 is 9.47 Å². The van der Waals surface area contributed by atoms with E-state index < -0.39 is 5.97 Å². The van der Waals surface area contributed by atoms with Gasteiger partial charge in [-0.1, -0.05) is 55.1 Å². The van der Waals surface area contributed by atoms with E-state index in [1.807, 2.05) is 48.5 Å². The lowest BCUT2D eigenvalue weighted by atomic mass is 10.0. The van der Waals surface area contributed by atoms with Gasteiger partial charge in [0.15, 0.2) is 0 Å². The van der Waals surface area contributed by atoms with Crippen LogP contribution in [-0.2, 0) is 14.3 Å². The Morgan fingerprint density at radius 2 is 1.37 bits per heavy atom. The lowest BCUT2D eigenvalue weighted by Gasteiger charge is -2.16. The Morgan fingerprint density at radius 3 is 1.89 bits per heavy atom. The minimum Gasteiger partial charge on any atom is -0.495 e. The predicted octanol–water partition coefficient (Wildman–Crippen LogP) is 4.13. The number of rotatable bonds is 9. The molecule has 0 N–H and O–H groups in total. The first-order valence-corrected chi connectivity index (χ1v) is 8.73. The first-order chi connectivity index (χ1) is 13.3. The molecule has 0 saturated heterocycles. The molecule has 0 fully saturated rings. The summed E-state index contributed by atoms with van der Waals surface area (Å²) in [4.78, 5) is 11.0. The smallest absolute Gasteiger partial charge is 0.330 e. The van der Waals surface area contributed by atoms with E-state index in [2.05, 4.69) is 6.58 Å². The number of hydrogen-bond acceptors (Lipinski definition) is 5. The molecule has 0 unspecified atom stereocenters. The van der Waals surface area contributed by atoms with Crippen LogP contribution in [0.2, 0.25) is 0 Å². The van der Waals surface area contributed by atoms with Gasteiger partial charge in [-0.05, 0) is 0 Å². The van der Waals surface area contributed by atoms with Crippen LogP contribution in [0.1, 0.15) is 0 Å². The highest BCUT2D eigenvalue weighted by atomic mass is 16.6. The zero-order chi connectivity index (χ0) is 19.1. The van der Waals surface area contributed by atoms with Gasteiger partial charge in [-0.2, -0.15) is 0 Å². The molecule has 0 aliphatic rings. The second kappa shape index (κ2) is 9.05. The molecule has 3 rings (SSSR count). The molecule has 0 aliphatic carbocycles. The van der Waals surface area contributed by atoms with Crippen LogP contribution in [0.5, 0.6) is 11.5 Å². The van der Waals surface area contributed by atoms with Crippen molar-refractivity contribution >= 4 is 27.5 Å². The van der Waals surface area contributed by atoms with Crippen molar-refractivity contribution in [2.75, 3.05) is 33.5 Å². The Labute approximate surface area is 158 Å². The van der Waals surface area contributed by atoms with Crippen LogP contribution in [0, 0.1) is 0 Å². The number of hydrogen-bond donors (Lipinski definition) is 0. The molecule has 5 heteroatoms. The van der Waals surface area contributed by atoms with Crippen molar-refractivity contribution < 1.29 is 23.7 Å². The molecular formula is C22H22O5. The van der Waals surface area contributed by atoms with Crippen molar-refractivity contribution in [3.63, 3.8) is 0 Å². The number of fused-ring (bicyclic) bond motifs is 2. The van der Waals surface area contributed by atoms with E-state index in [-0.39, 0.29) is 6.61 Å². The molecular weight excluding hydrogens is 344 g/mol. The third-order valence-electron chi connectivity index (χ3n) is 4.15. The zero-order valence-corrected chi connectivity index (χ0v) is 15.3. The maximum absolute atomic E-state index is 11.0. The van der Waals surface area contributed by atoms with Crippen molar-refractivity contribution in [2.24, 2.45) is 0 Å². The molecule has 3 aromatic rings. The van der Waals surface area contributed by atoms with E-state index in [0.717, 1.165) is 39.1 Å². The standard InChI is InChI=1S/C22H22O5/c1-3-20(23)26-14-12-25-13-15-27-22-18-10-6-4-8-16(18)21(24-2)17-9-5-7-11-19(17)22/h3-11H,1,12-15H2,2H3. The van der Waals surface area contributed by atoms with Crippen LogP contribution in [-0.4, -0.2) is 39.5 Å². The second-order valence-electron chi connectivity index (χ2n) is 5.79. The summed E-state index contributed by atoms with van der Waals surface area (Å²) in [6, 6.07) is 16.0. The topological polar surface area (TPSA) is 54.0 Å². The first kappa shape index (κ1) is 18.7. The Morgan fingerprint density at radius 1 is 0.852 bits per heavy atom. The summed E-state index contributed by atoms with van der Waals surface area (Å²) in [6.45, 7) is 4.62. The quantitative estimate of drug-likeness (QED) is 0.247. The van der Waals surface area contributed by atoms with Crippen molar-refractivity contribution in [3.8, 4) is 11.5 Å². The van der Waals surface area contributed by atoms with Crippen molar-refractivity contribution in [2.45, 2.75) is 0 Å². The fourth-order valence-electron chi connectivity index (χ4n) is 2.99. The minimum atomic E-state index is -0.453. The fraction of sp³-hybridized carbons (Fsp3) is 0.227. The van der Waals surface area contributed by atoms with E-state index in [0.29, 0.717) is 19.8 Å². The summed E-state index contributed by atoms with van der Waals surface area (Å²) in [6.07, 6.45) is 1.13. The van der Waals surface area contributed by atoms with Crippen LogP contribution in [0.25, 0.3) is 21.5 Å². The van der Waals surface area contributed by atoms with Gasteiger partial charge in [0.05, 0.1) is 20.3 Å². The second-order valence-corrected chi connectivity index (χ2v) is 5.79. The summed E-state index contributed by atoms with van der Waals surface area (Å²) in [5.74, 6) is 1.20. The summed E-state index contributed by atoms with van der Waals surface area (Å²) >= 11 is 0. The molecule has 140 valence electrons. The van der Waals surface area contributed by atoms with E-state index in [1.165, 1.54) is 0 Å². The minimum absolute atomic E-state index is 0.194. The summed E-state index contributed by atoms with van der Waals surface area (Å²) in [5, 5.41) is 4.00. The first-order valence-electron chi connectivity index (χ1n) is 8.73. The number of carbonyl (C=O) groups excluding carboxylic acids is 1. The number of benzene rings is 3. The van der Waals surface area contributed by atoms with Gasteiger partial charge in [-0.3, -0.25) is 0 Å². The highest BCUT2D eigenvalue weighted by molar-refractivity contribution is 6.11. The number of esters is 1. The average molecular weight is 366 g/mol. The molecule has 5 nitrogen and oxygen atoms in total. The molecule has 0 amide bonds. The summed E-state index contributed by atoms with van der Waals surface area (Å²) in [5.41, 5.74) is 0. The zero-order valence-electron chi connectivity index (χ0n) is 15.3. The van der Waals surface area contributed by atoms with E-state index in [9.17, 15) is 4.79 Å². The number of carbonyl (C=O) groups is 1. The van der Waals surface area contributed by atoms with Gasteiger partial charge in [-0.25, -0.2) is 4.79 Å². The van der Waals surface area contributed by atoms with Crippen molar-refractivity contribution in [1.82, 2.24) is 0 Å². The average Bonchev–Trinajstić information content (AvgIpc) is 2.72. The normalized spacial score (nSPS) is 10.7. The van der Waals surface area contributed by atoms with Gasteiger partial charge in [0.25, 0.3) is 0 Å². The maximum Gasteiger partial charge on any atom is 0.330 e. The van der Waals surface area contributed by atoms with E-state index in [4.69, 9.17) is 18.9 Å². The van der Waals surface area contributed by atoms with Gasteiger partial charge < -0.3 is 18.9 Å². The maximum atomic E-state index is 11.0. The van der Waals surface area contributed by atoms with Gasteiger partial charge >= 0.3 is 5.97 Å². The van der Waals surface area contributed by atoms with Gasteiger partial charge in [0.1, 0.15) is 24.7 Å². The number of methoxy groups -OCH3 is 1. The van der Waals surface area contributed by atoms with Gasteiger partial charge in [0.2, 0.25) is 0 Å². The van der Waals surface area contributed by atoms with E-state index in [1.54, 1.807) is 7.11 Å². The molecule has 3 aromatic carbocycles. The highest BCUT2D eigenvalue weighted by Gasteiger charge is 2.14. The predicted molar refractivity (Wildman–Crippen MR) is 105 cm³/mol. The third-order valence-corrected chi connectivity index (χ3v) is 4.15. The molecule has 0 aliphatic heterocycles. The Balaban J connectivity index is 1.74. The van der Waals surface area contributed by atoms with Gasteiger partial charge in [-0.15, -0.1) is 0 Å². The Kier molecular flexibility index (Phi) is 6.28. The molecule has 0 bridgehead atoms. The Bertz CT molecular complexity index is 891. The number of ether oxygens (including phenoxy) is 4. The molecule has 0 radical (unpaired) electrons. The fourth-order valence-corrected chi connectivity index (χ4v) is 2.99. The molecule has 0 spiro atoms. The van der Waals surface area contributed by atoms with Crippen molar-refractivity contribution in [3.05, 3.63) is 61.2 Å². The molecule has 0 atom stereocenters. The lowest BCUT2D eigenvalue weighted by molar-refractivity contribution is -0.139.